The first-order chi connectivity index (χ1) is 14.5. The molecule has 1 aliphatic carbocycles. The molecule has 2 aromatic rings. The summed E-state index contributed by atoms with van der Waals surface area (Å²) in [4.78, 5) is 37.8. The summed E-state index contributed by atoms with van der Waals surface area (Å²) < 4.78 is 6.75. The van der Waals surface area contributed by atoms with Crippen LogP contribution in [0.15, 0.2) is 41.3 Å². The predicted molar refractivity (Wildman–Crippen MR) is 110 cm³/mol. The van der Waals surface area contributed by atoms with E-state index in [-0.39, 0.29) is 56.0 Å². The number of aromatic nitrogens is 1. The molecule has 0 saturated heterocycles. The molecule has 8 heteroatoms. The molecular formula is C22H26N2O6. The lowest BCUT2D eigenvalue weighted by Gasteiger charge is -2.12. The number of aliphatic hydroxyl groups is 2. The molecule has 1 aromatic carbocycles. The van der Waals surface area contributed by atoms with E-state index in [2.05, 4.69) is 5.32 Å². The number of nitrogens with zero attached hydrogens (tertiary/aromatic N) is 1. The van der Waals surface area contributed by atoms with Crippen LogP contribution in [0.2, 0.25) is 0 Å². The van der Waals surface area contributed by atoms with E-state index in [9.17, 15) is 19.5 Å². The average molecular weight is 414 g/mol. The van der Waals surface area contributed by atoms with Crippen LogP contribution in [0.3, 0.4) is 0 Å². The second-order valence-electron chi connectivity index (χ2n) is 7.44. The average Bonchev–Trinajstić information content (AvgIpc) is 3.51. The fraction of sp³-hybridized carbons (Fsp3) is 0.409. The van der Waals surface area contributed by atoms with Crippen molar-refractivity contribution in [2.75, 3.05) is 26.9 Å². The highest BCUT2D eigenvalue weighted by Crippen LogP contribution is 2.41. The number of hydrogen-bond acceptors (Lipinski definition) is 6. The number of carbonyl (C=O) groups is 2. The van der Waals surface area contributed by atoms with Gasteiger partial charge < -0.3 is 24.8 Å². The number of carbonyl (C=O) groups excluding carboxylic acids is 2. The smallest absolute Gasteiger partial charge is 0.263 e. The quantitative estimate of drug-likeness (QED) is 0.496. The maximum absolute atomic E-state index is 12.8. The first kappa shape index (κ1) is 21.7. The lowest BCUT2D eigenvalue weighted by atomic mass is 10.0. The molecule has 1 aliphatic rings. The Morgan fingerprint density at radius 3 is 2.70 bits per heavy atom. The summed E-state index contributed by atoms with van der Waals surface area (Å²) in [5.74, 6) is 0.140. The van der Waals surface area contributed by atoms with Crippen LogP contribution >= 0.6 is 0 Å². The Morgan fingerprint density at radius 1 is 1.23 bits per heavy atom. The van der Waals surface area contributed by atoms with Crippen molar-refractivity contribution in [3.8, 4) is 5.75 Å². The monoisotopic (exact) mass is 414 g/mol. The molecule has 2 unspecified atom stereocenters. The van der Waals surface area contributed by atoms with Crippen molar-refractivity contribution in [3.05, 3.63) is 63.6 Å². The topological polar surface area (TPSA) is 118 Å². The van der Waals surface area contributed by atoms with Gasteiger partial charge in [-0.2, -0.15) is 0 Å². The Kier molecular flexibility index (Phi) is 7.02. The molecular weight excluding hydrogens is 388 g/mol. The standard InChI is InChI=1S/C22H26N2O6/c1-23-21(28)19-9-16(20(27)10-15-8-17(15)13-26)12-24(22(19)29)11-14-3-2-4-18(7-14)30-6-5-25/h2-4,7,9,12,15,17,25-26H,5-6,8,10-11,13H2,1H3,(H,23,28). The molecule has 1 amide bonds. The predicted octanol–water partition coefficient (Wildman–Crippen LogP) is 0.828. The maximum Gasteiger partial charge on any atom is 0.263 e. The Labute approximate surface area is 174 Å². The van der Waals surface area contributed by atoms with Crippen LogP contribution in [-0.4, -0.2) is 53.3 Å². The minimum Gasteiger partial charge on any atom is -0.491 e. The molecule has 1 heterocycles. The molecule has 0 radical (unpaired) electrons. The van der Waals surface area contributed by atoms with Gasteiger partial charge in [-0.05, 0) is 42.0 Å². The Hall–Kier alpha value is -2.97. The van der Waals surface area contributed by atoms with Gasteiger partial charge in [0.1, 0.15) is 17.9 Å². The van der Waals surface area contributed by atoms with Crippen molar-refractivity contribution >= 4 is 11.7 Å². The summed E-state index contributed by atoms with van der Waals surface area (Å²) in [5, 5.41) is 20.5. The second-order valence-corrected chi connectivity index (χ2v) is 7.44. The van der Waals surface area contributed by atoms with Gasteiger partial charge in [0, 0.05) is 31.8 Å². The largest absolute Gasteiger partial charge is 0.491 e. The van der Waals surface area contributed by atoms with Crippen LogP contribution in [0.1, 0.15) is 39.1 Å². The van der Waals surface area contributed by atoms with Crippen molar-refractivity contribution in [2.45, 2.75) is 19.4 Å². The number of hydrogen-bond donors (Lipinski definition) is 3. The molecule has 30 heavy (non-hydrogen) atoms. The van der Waals surface area contributed by atoms with E-state index in [1.807, 2.05) is 6.07 Å². The van der Waals surface area contributed by atoms with E-state index < -0.39 is 11.5 Å². The summed E-state index contributed by atoms with van der Waals surface area (Å²) in [6.45, 7) is 0.268. The molecule has 3 N–H and O–H groups in total. The highest BCUT2D eigenvalue weighted by molar-refractivity contribution is 6.00. The molecule has 2 atom stereocenters. The van der Waals surface area contributed by atoms with Crippen LogP contribution in [0.4, 0.5) is 0 Å². The van der Waals surface area contributed by atoms with Gasteiger partial charge in [0.2, 0.25) is 0 Å². The molecule has 1 fully saturated rings. The van der Waals surface area contributed by atoms with Gasteiger partial charge in [-0.15, -0.1) is 0 Å². The summed E-state index contributed by atoms with van der Waals surface area (Å²) >= 11 is 0. The van der Waals surface area contributed by atoms with Crippen LogP contribution in [0.5, 0.6) is 5.75 Å². The van der Waals surface area contributed by atoms with Crippen molar-refractivity contribution in [1.29, 1.82) is 0 Å². The van der Waals surface area contributed by atoms with Crippen LogP contribution in [0.25, 0.3) is 0 Å². The number of ketones is 1. The van der Waals surface area contributed by atoms with Gasteiger partial charge in [0.15, 0.2) is 5.78 Å². The fourth-order valence-corrected chi connectivity index (χ4v) is 3.44. The Bertz CT molecular complexity index is 984. The van der Waals surface area contributed by atoms with E-state index >= 15 is 0 Å². The summed E-state index contributed by atoms with van der Waals surface area (Å²) in [7, 11) is 1.43. The second kappa shape index (κ2) is 9.69. The molecule has 0 bridgehead atoms. The first-order valence-corrected chi connectivity index (χ1v) is 9.90. The third-order valence-electron chi connectivity index (χ3n) is 5.24. The first-order valence-electron chi connectivity index (χ1n) is 9.90. The van der Waals surface area contributed by atoms with Gasteiger partial charge >= 0.3 is 0 Å². The van der Waals surface area contributed by atoms with E-state index in [1.165, 1.54) is 23.9 Å². The minimum absolute atomic E-state index is 0.0651. The zero-order chi connectivity index (χ0) is 21.7. The number of nitrogens with one attached hydrogen (secondary N) is 1. The number of pyridine rings is 1. The van der Waals surface area contributed by atoms with Gasteiger partial charge in [0.25, 0.3) is 11.5 Å². The van der Waals surface area contributed by atoms with Crippen molar-refractivity contribution < 1.29 is 24.5 Å². The Morgan fingerprint density at radius 2 is 2.03 bits per heavy atom. The van der Waals surface area contributed by atoms with Gasteiger partial charge in [-0.3, -0.25) is 14.4 Å². The lowest BCUT2D eigenvalue weighted by Crippen LogP contribution is -2.32. The van der Waals surface area contributed by atoms with Crippen LogP contribution in [-0.2, 0) is 6.54 Å². The third-order valence-corrected chi connectivity index (χ3v) is 5.24. The normalized spacial score (nSPS) is 17.4. The molecule has 8 nitrogen and oxygen atoms in total. The Balaban J connectivity index is 1.90. The summed E-state index contributed by atoms with van der Waals surface area (Å²) in [5.41, 5.74) is 0.463. The maximum atomic E-state index is 12.8. The molecule has 3 rings (SSSR count). The fourth-order valence-electron chi connectivity index (χ4n) is 3.44. The number of amides is 1. The highest BCUT2D eigenvalue weighted by atomic mass is 16.5. The SMILES string of the molecule is CNC(=O)c1cc(C(=O)CC2CC2CO)cn(Cc2cccc(OCCO)c2)c1=O. The van der Waals surface area contributed by atoms with E-state index in [0.717, 1.165) is 12.0 Å². The van der Waals surface area contributed by atoms with Gasteiger partial charge in [0.05, 0.1) is 13.2 Å². The summed E-state index contributed by atoms with van der Waals surface area (Å²) in [6.07, 6.45) is 2.57. The number of ether oxygens (including phenoxy) is 1. The van der Waals surface area contributed by atoms with Crippen molar-refractivity contribution in [2.24, 2.45) is 11.8 Å². The van der Waals surface area contributed by atoms with E-state index in [0.29, 0.717) is 11.3 Å². The minimum atomic E-state index is -0.553. The molecule has 0 spiro atoms. The van der Waals surface area contributed by atoms with Gasteiger partial charge in [-0.25, -0.2) is 0 Å². The third kappa shape index (κ3) is 5.14. The summed E-state index contributed by atoms with van der Waals surface area (Å²) in [6, 6.07) is 8.40. The number of rotatable bonds is 10. The number of aliphatic hydroxyl groups excluding tert-OH is 2. The number of benzene rings is 1. The highest BCUT2D eigenvalue weighted by Gasteiger charge is 2.38. The van der Waals surface area contributed by atoms with E-state index in [4.69, 9.17) is 9.84 Å². The zero-order valence-electron chi connectivity index (χ0n) is 16.8. The van der Waals surface area contributed by atoms with Gasteiger partial charge in [-0.1, -0.05) is 12.1 Å². The van der Waals surface area contributed by atoms with Crippen molar-refractivity contribution in [1.82, 2.24) is 9.88 Å². The van der Waals surface area contributed by atoms with Crippen LogP contribution in [0, 0.1) is 11.8 Å². The molecule has 0 aliphatic heterocycles. The lowest BCUT2D eigenvalue weighted by molar-refractivity contribution is 0.0961. The van der Waals surface area contributed by atoms with Crippen molar-refractivity contribution in [3.63, 3.8) is 0 Å². The van der Waals surface area contributed by atoms with E-state index in [1.54, 1.807) is 18.2 Å². The molecule has 1 saturated carbocycles. The number of Topliss-reactive ketones (excluding diaryl/α,β-unsaturated/α-hetero) is 1. The molecule has 1 aromatic heterocycles. The van der Waals surface area contributed by atoms with Crippen LogP contribution < -0.4 is 15.6 Å². The molecule has 160 valence electrons. The zero-order valence-corrected chi connectivity index (χ0v) is 16.8.